The van der Waals surface area contributed by atoms with E-state index in [1.807, 2.05) is 0 Å². The largest absolute Gasteiger partial charge is 0.481 e. The second kappa shape index (κ2) is 4.09. The summed E-state index contributed by atoms with van der Waals surface area (Å²) >= 11 is 0. The number of aliphatic carboxylic acids is 1. The fraction of sp³-hybridized carbons (Fsp3) is 0.900. The van der Waals surface area contributed by atoms with Crippen LogP contribution in [0, 0.1) is 17.8 Å². The van der Waals surface area contributed by atoms with Gasteiger partial charge in [0.2, 0.25) is 0 Å². The van der Waals surface area contributed by atoms with E-state index in [2.05, 4.69) is 6.92 Å². The molecular weight excluding hydrogens is 168 g/mol. The molecule has 1 aliphatic carbocycles. The van der Waals surface area contributed by atoms with Crippen LogP contribution in [-0.4, -0.2) is 22.3 Å². The molecule has 1 fully saturated rings. The van der Waals surface area contributed by atoms with Crippen LogP contribution in [0.4, 0.5) is 0 Å². The summed E-state index contributed by atoms with van der Waals surface area (Å²) < 4.78 is 0. The molecule has 0 radical (unpaired) electrons. The van der Waals surface area contributed by atoms with E-state index in [4.69, 9.17) is 5.11 Å². The number of carbonyl (C=O) groups is 1. The molecule has 0 amide bonds. The lowest BCUT2D eigenvalue weighted by Gasteiger charge is -2.33. The van der Waals surface area contributed by atoms with Crippen LogP contribution in [0.1, 0.15) is 33.1 Å². The van der Waals surface area contributed by atoms with E-state index >= 15 is 0 Å². The molecule has 0 bridgehead atoms. The highest BCUT2D eigenvalue weighted by Crippen LogP contribution is 2.33. The van der Waals surface area contributed by atoms with Crippen LogP contribution in [0.3, 0.4) is 0 Å². The van der Waals surface area contributed by atoms with Gasteiger partial charge in [-0.05, 0) is 24.7 Å². The van der Waals surface area contributed by atoms with E-state index in [1.54, 1.807) is 6.92 Å². The van der Waals surface area contributed by atoms with E-state index in [1.165, 1.54) is 0 Å². The lowest BCUT2D eigenvalue weighted by molar-refractivity contribution is -0.145. The van der Waals surface area contributed by atoms with Gasteiger partial charge in [-0.2, -0.15) is 0 Å². The molecule has 3 heteroatoms. The van der Waals surface area contributed by atoms with Gasteiger partial charge in [0.25, 0.3) is 0 Å². The molecule has 1 aliphatic rings. The summed E-state index contributed by atoms with van der Waals surface area (Å²) in [6.45, 7) is 3.79. The molecule has 0 aliphatic heterocycles. The Hall–Kier alpha value is -0.570. The molecule has 13 heavy (non-hydrogen) atoms. The van der Waals surface area contributed by atoms with Crippen molar-refractivity contribution in [2.75, 3.05) is 0 Å². The third-order valence-corrected chi connectivity index (χ3v) is 3.16. The Morgan fingerprint density at radius 3 is 2.54 bits per heavy atom. The molecule has 0 spiro atoms. The van der Waals surface area contributed by atoms with Crippen LogP contribution >= 0.6 is 0 Å². The molecule has 0 heterocycles. The van der Waals surface area contributed by atoms with Crippen molar-refractivity contribution in [3.63, 3.8) is 0 Å². The van der Waals surface area contributed by atoms with Gasteiger partial charge in [0.15, 0.2) is 0 Å². The fourth-order valence-electron chi connectivity index (χ4n) is 2.14. The summed E-state index contributed by atoms with van der Waals surface area (Å²) in [7, 11) is 0. The lowest BCUT2D eigenvalue weighted by Crippen LogP contribution is -2.35. The Labute approximate surface area is 78.8 Å². The van der Waals surface area contributed by atoms with Crippen molar-refractivity contribution in [1.82, 2.24) is 0 Å². The zero-order chi connectivity index (χ0) is 10.0. The minimum atomic E-state index is -0.793. The zero-order valence-corrected chi connectivity index (χ0v) is 8.23. The molecule has 0 aromatic heterocycles. The highest BCUT2D eigenvalue weighted by Gasteiger charge is 2.33. The summed E-state index contributed by atoms with van der Waals surface area (Å²) in [5.41, 5.74) is 0. The predicted molar refractivity (Wildman–Crippen MR) is 49.3 cm³/mol. The Bertz CT molecular complexity index is 191. The molecule has 76 valence electrons. The van der Waals surface area contributed by atoms with E-state index in [0.717, 1.165) is 19.3 Å². The van der Waals surface area contributed by atoms with E-state index < -0.39 is 18.0 Å². The molecule has 2 N–H and O–H groups in total. The van der Waals surface area contributed by atoms with Crippen molar-refractivity contribution < 1.29 is 15.0 Å². The normalized spacial score (nSPS) is 37.0. The zero-order valence-electron chi connectivity index (χ0n) is 8.23. The Balaban J connectivity index is 2.55. The van der Waals surface area contributed by atoms with E-state index in [-0.39, 0.29) is 5.92 Å². The molecule has 0 aromatic rings. The summed E-state index contributed by atoms with van der Waals surface area (Å²) in [5, 5.41) is 18.5. The lowest BCUT2D eigenvalue weighted by atomic mass is 9.75. The van der Waals surface area contributed by atoms with Gasteiger partial charge in [0.1, 0.15) is 0 Å². The highest BCUT2D eigenvalue weighted by atomic mass is 16.4. The van der Waals surface area contributed by atoms with Crippen molar-refractivity contribution in [1.29, 1.82) is 0 Å². The second-order valence-electron chi connectivity index (χ2n) is 4.28. The van der Waals surface area contributed by atoms with Crippen LogP contribution in [0.2, 0.25) is 0 Å². The molecule has 1 rings (SSSR count). The maximum Gasteiger partial charge on any atom is 0.306 e. The molecule has 0 saturated heterocycles. The van der Waals surface area contributed by atoms with Gasteiger partial charge >= 0.3 is 5.97 Å². The highest BCUT2D eigenvalue weighted by molar-refractivity contribution is 5.69. The first-order valence-electron chi connectivity index (χ1n) is 4.93. The molecule has 1 saturated carbocycles. The third-order valence-electron chi connectivity index (χ3n) is 3.16. The van der Waals surface area contributed by atoms with Crippen molar-refractivity contribution in [2.45, 2.75) is 39.2 Å². The minimum absolute atomic E-state index is 0.0475. The van der Waals surface area contributed by atoms with Gasteiger partial charge < -0.3 is 10.2 Å². The minimum Gasteiger partial charge on any atom is -0.481 e. The third kappa shape index (κ3) is 2.44. The number of carboxylic acid groups (broad SMARTS) is 1. The van der Waals surface area contributed by atoms with Gasteiger partial charge in [-0.1, -0.05) is 20.3 Å². The van der Waals surface area contributed by atoms with Crippen LogP contribution in [0.25, 0.3) is 0 Å². The SMILES string of the molecule is CC1CCC(C(C)C(=O)O)C(O)C1. The van der Waals surface area contributed by atoms with Gasteiger partial charge in [-0.15, -0.1) is 0 Å². The van der Waals surface area contributed by atoms with E-state index in [0.29, 0.717) is 5.92 Å². The van der Waals surface area contributed by atoms with Gasteiger partial charge in [0, 0.05) is 0 Å². The Morgan fingerprint density at radius 2 is 2.08 bits per heavy atom. The molecule has 0 aromatic carbocycles. The van der Waals surface area contributed by atoms with Crippen molar-refractivity contribution in [3.8, 4) is 0 Å². The van der Waals surface area contributed by atoms with Gasteiger partial charge in [-0.3, -0.25) is 4.79 Å². The van der Waals surface area contributed by atoms with Crippen LogP contribution < -0.4 is 0 Å². The predicted octanol–water partition coefficient (Wildman–Crippen LogP) is 1.50. The van der Waals surface area contributed by atoms with Crippen LogP contribution in [0.15, 0.2) is 0 Å². The molecule has 3 nitrogen and oxygen atoms in total. The summed E-state index contributed by atoms with van der Waals surface area (Å²) in [6, 6.07) is 0. The maximum atomic E-state index is 10.7. The smallest absolute Gasteiger partial charge is 0.306 e. The number of aliphatic hydroxyl groups is 1. The first kappa shape index (κ1) is 10.5. The molecule has 4 atom stereocenters. The Morgan fingerprint density at radius 1 is 1.46 bits per heavy atom. The van der Waals surface area contributed by atoms with Crippen LogP contribution in [-0.2, 0) is 4.79 Å². The first-order chi connectivity index (χ1) is 6.02. The van der Waals surface area contributed by atoms with Gasteiger partial charge in [-0.25, -0.2) is 0 Å². The fourth-order valence-corrected chi connectivity index (χ4v) is 2.14. The number of carboxylic acids is 1. The van der Waals surface area contributed by atoms with Crippen molar-refractivity contribution in [3.05, 3.63) is 0 Å². The number of hydrogen-bond acceptors (Lipinski definition) is 2. The quantitative estimate of drug-likeness (QED) is 0.687. The molecular formula is C10H18O3. The number of hydrogen-bond donors (Lipinski definition) is 2. The van der Waals surface area contributed by atoms with Crippen molar-refractivity contribution in [2.24, 2.45) is 17.8 Å². The van der Waals surface area contributed by atoms with Crippen LogP contribution in [0.5, 0.6) is 0 Å². The topological polar surface area (TPSA) is 57.5 Å². The number of aliphatic hydroxyl groups excluding tert-OH is 1. The summed E-state index contributed by atoms with van der Waals surface area (Å²) in [4.78, 5) is 10.7. The maximum absolute atomic E-state index is 10.7. The van der Waals surface area contributed by atoms with E-state index in [9.17, 15) is 9.90 Å². The molecule has 4 unspecified atom stereocenters. The van der Waals surface area contributed by atoms with Gasteiger partial charge in [0.05, 0.1) is 12.0 Å². The summed E-state index contributed by atoms with van der Waals surface area (Å²) in [6.07, 6.45) is 2.21. The second-order valence-corrected chi connectivity index (χ2v) is 4.28. The average Bonchev–Trinajstić information content (AvgIpc) is 2.03. The summed E-state index contributed by atoms with van der Waals surface area (Å²) in [5.74, 6) is -0.720. The number of rotatable bonds is 2. The monoisotopic (exact) mass is 186 g/mol. The average molecular weight is 186 g/mol. The Kier molecular flexibility index (Phi) is 3.31. The first-order valence-corrected chi connectivity index (χ1v) is 4.93. The standard InChI is InChI=1S/C10H18O3/c1-6-3-4-8(9(11)5-6)7(2)10(12)13/h6-9,11H,3-5H2,1-2H3,(H,12,13). The van der Waals surface area contributed by atoms with Crippen molar-refractivity contribution >= 4 is 5.97 Å².